The number of benzene rings is 2. The Labute approximate surface area is 228 Å². The Kier molecular flexibility index (Phi) is 13.1. The zero-order chi connectivity index (χ0) is 25.8. The number of halogens is 1. The number of aliphatic hydroxyl groups is 2. The molecule has 9 nitrogen and oxygen atoms in total. The molecule has 0 unspecified atom stereocenters. The van der Waals surface area contributed by atoms with E-state index in [9.17, 15) is 14.8 Å². The third-order valence-electron chi connectivity index (χ3n) is 5.33. The van der Waals surface area contributed by atoms with Crippen molar-refractivity contribution < 1.29 is 45.4 Å². The minimum Gasteiger partial charge on any atom is -1.00 e. The van der Waals surface area contributed by atoms with Crippen molar-refractivity contribution in [3.8, 4) is 0 Å². The monoisotopic (exact) mass is 592 g/mol. The first-order valence-electron chi connectivity index (χ1n) is 12.0. The van der Waals surface area contributed by atoms with Crippen LogP contribution in [0.25, 0.3) is 0 Å². The Morgan fingerprint density at radius 2 is 1.32 bits per heavy atom. The molecule has 0 amide bonds. The second-order valence-corrected chi connectivity index (χ2v) is 9.91. The summed E-state index contributed by atoms with van der Waals surface area (Å²) in [4.78, 5) is 1.90. The second-order valence-electron chi connectivity index (χ2n) is 7.88. The van der Waals surface area contributed by atoms with Crippen molar-refractivity contribution in [1.29, 1.82) is 0 Å². The van der Waals surface area contributed by atoms with Gasteiger partial charge < -0.3 is 41.1 Å². The highest BCUT2D eigenvalue weighted by atomic mass is 79.9. The van der Waals surface area contributed by atoms with E-state index in [0.717, 1.165) is 16.9 Å². The third kappa shape index (κ3) is 9.10. The summed E-state index contributed by atoms with van der Waals surface area (Å²) in [6.07, 6.45) is 3.86. The number of azo groups is 1. The van der Waals surface area contributed by atoms with Crippen molar-refractivity contribution in [2.45, 2.75) is 20.4 Å². The van der Waals surface area contributed by atoms with Crippen LogP contribution in [0.15, 0.2) is 83.3 Å². The molecule has 2 aromatic carbocycles. The Hall–Kier alpha value is -2.46. The summed E-state index contributed by atoms with van der Waals surface area (Å²) >= 11 is 0. The van der Waals surface area contributed by atoms with Crippen LogP contribution in [0.3, 0.4) is 0 Å². The molecule has 11 heteroatoms. The molecule has 37 heavy (non-hydrogen) atoms. The molecule has 200 valence electrons. The van der Waals surface area contributed by atoms with Gasteiger partial charge in [-0.05, 0) is 50.2 Å². The third-order valence-corrected chi connectivity index (χ3v) is 7.45. The molecular weight excluding hydrogens is 559 g/mol. The SMILES string of the molecule is CCOP(=O)(OCC)c1ccc(C[n+]2ccc(N=Nc3ccc(N(CCO)CCO)cc3)cc2)cc1.[Br-]. The van der Waals surface area contributed by atoms with Crippen molar-refractivity contribution in [2.24, 2.45) is 10.2 Å². The number of hydrogen-bond acceptors (Lipinski definition) is 8. The highest BCUT2D eigenvalue weighted by molar-refractivity contribution is 7.62. The van der Waals surface area contributed by atoms with E-state index in [4.69, 9.17) is 9.05 Å². The molecule has 1 aromatic heterocycles. The molecule has 2 N–H and O–H groups in total. The Morgan fingerprint density at radius 3 is 1.81 bits per heavy atom. The summed E-state index contributed by atoms with van der Waals surface area (Å²) in [5.74, 6) is 0. The van der Waals surface area contributed by atoms with Crippen molar-refractivity contribution in [3.05, 3.63) is 78.6 Å². The predicted molar refractivity (Wildman–Crippen MR) is 140 cm³/mol. The molecule has 0 aliphatic carbocycles. The summed E-state index contributed by atoms with van der Waals surface area (Å²) in [5.41, 5.74) is 3.39. The number of hydrogen-bond donors (Lipinski definition) is 2. The molecule has 0 saturated carbocycles. The number of anilines is 1. The number of rotatable bonds is 14. The highest BCUT2D eigenvalue weighted by Crippen LogP contribution is 2.46. The van der Waals surface area contributed by atoms with Crippen LogP contribution < -0.4 is 31.8 Å². The van der Waals surface area contributed by atoms with Crippen LogP contribution >= 0.6 is 7.60 Å². The first kappa shape index (κ1) is 30.8. The van der Waals surface area contributed by atoms with Gasteiger partial charge >= 0.3 is 7.60 Å². The van der Waals surface area contributed by atoms with E-state index in [1.807, 2.05) is 70.4 Å². The molecule has 1 heterocycles. The summed E-state index contributed by atoms with van der Waals surface area (Å²) < 4.78 is 25.7. The van der Waals surface area contributed by atoms with E-state index >= 15 is 0 Å². The summed E-state index contributed by atoms with van der Waals surface area (Å²) in [6, 6.07) is 18.7. The number of pyridine rings is 1. The molecule has 3 aromatic rings. The first-order valence-corrected chi connectivity index (χ1v) is 13.5. The van der Waals surface area contributed by atoms with Crippen molar-refractivity contribution in [3.63, 3.8) is 0 Å². The maximum Gasteiger partial charge on any atom is 0.361 e. The summed E-state index contributed by atoms with van der Waals surface area (Å²) in [7, 11) is -3.28. The molecule has 3 rings (SSSR count). The molecule has 0 spiro atoms. The molecule has 0 aliphatic heterocycles. The predicted octanol–water partition coefficient (Wildman–Crippen LogP) is 1.12. The van der Waals surface area contributed by atoms with Crippen LogP contribution in [0.2, 0.25) is 0 Å². The van der Waals surface area contributed by atoms with Gasteiger partial charge in [0.25, 0.3) is 0 Å². The standard InChI is InChI=1S/C26H34N4O5P.BrH/c1-3-34-36(33,35-4-2)26-11-5-22(6-12-26)21-29-15-13-24(14-16-29)28-27-23-7-9-25(10-8-23)30(17-19-31)18-20-32;/h5-16,31-32H,3-4,17-21H2,1-2H3;1H/q+1;/p-1. The lowest BCUT2D eigenvalue weighted by Gasteiger charge is -2.22. The molecule has 0 atom stereocenters. The normalized spacial score (nSPS) is 11.5. The van der Waals surface area contributed by atoms with E-state index in [2.05, 4.69) is 10.2 Å². The van der Waals surface area contributed by atoms with Crippen LogP contribution in [0.5, 0.6) is 0 Å². The van der Waals surface area contributed by atoms with Crippen molar-refractivity contribution in [1.82, 2.24) is 0 Å². The van der Waals surface area contributed by atoms with Gasteiger partial charge in [0.2, 0.25) is 0 Å². The fourth-order valence-electron chi connectivity index (χ4n) is 3.60. The van der Waals surface area contributed by atoms with Crippen LogP contribution in [-0.2, 0) is 20.2 Å². The van der Waals surface area contributed by atoms with Gasteiger partial charge in [-0.2, -0.15) is 10.2 Å². The lowest BCUT2D eigenvalue weighted by molar-refractivity contribution is -0.688. The van der Waals surface area contributed by atoms with Gasteiger partial charge in [-0.3, -0.25) is 4.57 Å². The quantitative estimate of drug-likeness (QED) is 0.165. The van der Waals surface area contributed by atoms with Gasteiger partial charge in [-0.1, -0.05) is 12.1 Å². The largest absolute Gasteiger partial charge is 1.00 e. The molecule has 0 aliphatic rings. The van der Waals surface area contributed by atoms with Crippen LogP contribution in [-0.4, -0.2) is 49.7 Å². The molecule has 0 bridgehead atoms. The Morgan fingerprint density at radius 1 is 0.811 bits per heavy atom. The summed E-state index contributed by atoms with van der Waals surface area (Å²) in [5, 5.41) is 27.5. The lowest BCUT2D eigenvalue weighted by Crippen LogP contribution is -3.00. The number of aromatic nitrogens is 1. The fourth-order valence-corrected chi connectivity index (χ4v) is 5.17. The van der Waals surface area contributed by atoms with E-state index in [0.29, 0.717) is 43.8 Å². The van der Waals surface area contributed by atoms with E-state index in [1.165, 1.54) is 0 Å². The number of nitrogens with zero attached hydrogens (tertiary/aromatic N) is 4. The van der Waals surface area contributed by atoms with Gasteiger partial charge in [0.05, 0.1) is 43.1 Å². The molecule has 0 saturated heterocycles. The zero-order valence-electron chi connectivity index (χ0n) is 21.1. The maximum absolute atomic E-state index is 12.9. The van der Waals surface area contributed by atoms with E-state index in [1.54, 1.807) is 26.0 Å². The average Bonchev–Trinajstić information content (AvgIpc) is 2.89. The molecular formula is C26H34BrN4O5P. The molecule has 0 fully saturated rings. The average molecular weight is 593 g/mol. The van der Waals surface area contributed by atoms with Crippen LogP contribution in [0.1, 0.15) is 19.4 Å². The van der Waals surface area contributed by atoms with Crippen LogP contribution in [0.4, 0.5) is 17.1 Å². The van der Waals surface area contributed by atoms with Crippen molar-refractivity contribution >= 4 is 30.0 Å². The molecule has 0 radical (unpaired) electrons. The minimum atomic E-state index is -3.28. The minimum absolute atomic E-state index is 0. The highest BCUT2D eigenvalue weighted by Gasteiger charge is 2.26. The summed E-state index contributed by atoms with van der Waals surface area (Å²) in [6.45, 7) is 5.82. The topological polar surface area (TPSA) is 108 Å². The Balaban J connectivity index is 0.00000481. The van der Waals surface area contributed by atoms with Gasteiger partial charge in [0.15, 0.2) is 18.9 Å². The second kappa shape index (κ2) is 15.7. The van der Waals surface area contributed by atoms with Gasteiger partial charge in [-0.25, -0.2) is 4.57 Å². The smallest absolute Gasteiger partial charge is 0.361 e. The lowest BCUT2D eigenvalue weighted by atomic mass is 10.2. The van der Waals surface area contributed by atoms with Gasteiger partial charge in [0, 0.05) is 36.5 Å². The van der Waals surface area contributed by atoms with Gasteiger partial charge in [0.1, 0.15) is 0 Å². The van der Waals surface area contributed by atoms with Gasteiger partial charge in [-0.15, -0.1) is 0 Å². The van der Waals surface area contributed by atoms with E-state index in [-0.39, 0.29) is 30.2 Å². The van der Waals surface area contributed by atoms with E-state index < -0.39 is 7.60 Å². The fraction of sp³-hybridized carbons (Fsp3) is 0.346. The zero-order valence-corrected chi connectivity index (χ0v) is 23.6. The van der Waals surface area contributed by atoms with Crippen molar-refractivity contribution in [2.75, 3.05) is 44.4 Å². The van der Waals surface area contributed by atoms with Crippen LogP contribution in [0, 0.1) is 0 Å². The Bertz CT molecular complexity index is 1130. The maximum atomic E-state index is 12.9. The number of aliphatic hydroxyl groups excluding tert-OH is 2. The first-order chi connectivity index (χ1) is 17.5.